The summed E-state index contributed by atoms with van der Waals surface area (Å²) in [5, 5.41) is 8.44. The molecule has 130 valence electrons. The Hall–Kier alpha value is -2.64. The van der Waals surface area contributed by atoms with Crippen molar-refractivity contribution in [2.75, 3.05) is 5.32 Å². The molecule has 0 spiro atoms. The molecule has 1 aromatic carbocycles. The fourth-order valence-corrected chi connectivity index (χ4v) is 3.24. The molecule has 0 saturated heterocycles. The molecule has 1 aliphatic rings. The predicted octanol–water partition coefficient (Wildman–Crippen LogP) is 4.10. The number of fused-ring (bicyclic) bond motifs is 2. The molecule has 8 heteroatoms. The number of anilines is 1. The highest BCUT2D eigenvalue weighted by molar-refractivity contribution is 5.91. The van der Waals surface area contributed by atoms with Gasteiger partial charge in [-0.05, 0) is 38.0 Å². The fraction of sp³-hybridized carbons (Fsp3) is 0.353. The minimum Gasteiger partial charge on any atom is -0.374 e. The molecule has 1 unspecified atom stereocenters. The zero-order valence-corrected chi connectivity index (χ0v) is 13.5. The van der Waals surface area contributed by atoms with E-state index in [9.17, 15) is 13.2 Å². The van der Waals surface area contributed by atoms with Gasteiger partial charge in [0.05, 0.1) is 17.1 Å². The summed E-state index contributed by atoms with van der Waals surface area (Å²) in [5.74, 6) is 1.58. The van der Waals surface area contributed by atoms with Gasteiger partial charge in [0.1, 0.15) is 11.6 Å². The molecule has 1 N–H and O–H groups in total. The van der Waals surface area contributed by atoms with Crippen LogP contribution in [-0.4, -0.2) is 19.7 Å². The lowest BCUT2D eigenvalue weighted by Gasteiger charge is -2.24. The van der Waals surface area contributed by atoms with E-state index in [1.165, 1.54) is 12.3 Å². The van der Waals surface area contributed by atoms with Crippen LogP contribution in [0.5, 0.6) is 0 Å². The van der Waals surface area contributed by atoms with E-state index >= 15 is 0 Å². The number of nitrogens with one attached hydrogen (secondary N) is 1. The lowest BCUT2D eigenvalue weighted by atomic mass is 10.1. The van der Waals surface area contributed by atoms with E-state index in [4.69, 9.17) is 0 Å². The van der Waals surface area contributed by atoms with Crippen molar-refractivity contribution >= 4 is 16.6 Å². The average molecular weight is 347 g/mol. The summed E-state index contributed by atoms with van der Waals surface area (Å²) in [6.45, 7) is 2.68. The summed E-state index contributed by atoms with van der Waals surface area (Å²) in [6, 6.07) is 5.38. The number of halogens is 3. The predicted molar refractivity (Wildman–Crippen MR) is 87.1 cm³/mol. The first-order valence-corrected chi connectivity index (χ1v) is 8.06. The third-order valence-electron chi connectivity index (χ3n) is 4.38. The van der Waals surface area contributed by atoms with E-state index < -0.39 is 11.7 Å². The first-order valence-electron chi connectivity index (χ1n) is 8.06. The molecular weight excluding hydrogens is 331 g/mol. The first-order chi connectivity index (χ1) is 11.9. The Labute approximate surface area is 141 Å². The molecule has 3 aromatic rings. The number of aryl methyl sites for hydroxylation is 2. The van der Waals surface area contributed by atoms with Gasteiger partial charge in [-0.3, -0.25) is 4.98 Å². The van der Waals surface area contributed by atoms with Crippen molar-refractivity contribution in [2.45, 2.75) is 38.5 Å². The quantitative estimate of drug-likeness (QED) is 0.758. The molecule has 0 saturated carbocycles. The maximum Gasteiger partial charge on any atom is 0.416 e. The van der Waals surface area contributed by atoms with Crippen molar-refractivity contribution < 1.29 is 13.2 Å². The van der Waals surface area contributed by atoms with Crippen LogP contribution in [-0.2, 0) is 12.7 Å². The molecule has 25 heavy (non-hydrogen) atoms. The number of hydrogen-bond donors (Lipinski definition) is 1. The van der Waals surface area contributed by atoms with Crippen molar-refractivity contribution in [3.63, 3.8) is 0 Å². The molecule has 3 heterocycles. The van der Waals surface area contributed by atoms with E-state index in [1.54, 1.807) is 6.07 Å². The van der Waals surface area contributed by atoms with E-state index in [0.717, 1.165) is 48.9 Å². The molecular formula is C17H16F3N5. The smallest absolute Gasteiger partial charge is 0.374 e. The van der Waals surface area contributed by atoms with Crippen molar-refractivity contribution in [1.82, 2.24) is 19.7 Å². The SMILES string of the molecule is Cc1nc2n(n1)CCCC2Nc1ccnc2cc(C(F)(F)F)ccc12. The fourth-order valence-electron chi connectivity index (χ4n) is 3.24. The van der Waals surface area contributed by atoms with Crippen molar-refractivity contribution in [3.05, 3.63) is 47.7 Å². The van der Waals surface area contributed by atoms with Crippen LogP contribution in [0.2, 0.25) is 0 Å². The number of nitrogens with zero attached hydrogens (tertiary/aromatic N) is 4. The summed E-state index contributed by atoms with van der Waals surface area (Å²) in [7, 11) is 0. The van der Waals surface area contributed by atoms with E-state index in [2.05, 4.69) is 20.4 Å². The average Bonchev–Trinajstić information content (AvgIpc) is 2.95. The summed E-state index contributed by atoms with van der Waals surface area (Å²) in [5.41, 5.74) is 0.365. The third kappa shape index (κ3) is 2.92. The zero-order chi connectivity index (χ0) is 17.6. The van der Waals surface area contributed by atoms with Crippen LogP contribution in [0.15, 0.2) is 30.5 Å². The zero-order valence-electron chi connectivity index (χ0n) is 13.5. The van der Waals surface area contributed by atoms with Crippen LogP contribution >= 0.6 is 0 Å². The van der Waals surface area contributed by atoms with Gasteiger partial charge in [-0.1, -0.05) is 6.07 Å². The van der Waals surface area contributed by atoms with Crippen LogP contribution in [0, 0.1) is 6.92 Å². The summed E-state index contributed by atoms with van der Waals surface area (Å²) in [4.78, 5) is 8.56. The largest absolute Gasteiger partial charge is 0.416 e. The van der Waals surface area contributed by atoms with Crippen LogP contribution in [0.25, 0.3) is 10.9 Å². The van der Waals surface area contributed by atoms with Gasteiger partial charge in [-0.15, -0.1) is 0 Å². The van der Waals surface area contributed by atoms with Gasteiger partial charge in [0.15, 0.2) is 0 Å². The summed E-state index contributed by atoms with van der Waals surface area (Å²) >= 11 is 0. The first kappa shape index (κ1) is 15.9. The second kappa shape index (κ2) is 5.72. The van der Waals surface area contributed by atoms with Gasteiger partial charge in [-0.2, -0.15) is 18.3 Å². The van der Waals surface area contributed by atoms with Gasteiger partial charge in [0.2, 0.25) is 0 Å². The maximum atomic E-state index is 12.9. The number of benzene rings is 1. The monoisotopic (exact) mass is 347 g/mol. The standard InChI is InChI=1S/C17H16F3N5/c1-10-22-16-14(3-2-8-25(16)24-10)23-13-6-7-21-15-9-11(17(18,19)20)4-5-12(13)15/h4-7,9,14H,2-3,8H2,1H3,(H,21,23). The normalized spacial score (nSPS) is 17.5. The molecule has 0 fully saturated rings. The van der Waals surface area contributed by atoms with Crippen molar-refractivity contribution in [3.8, 4) is 0 Å². The highest BCUT2D eigenvalue weighted by Crippen LogP contribution is 2.34. The third-order valence-corrected chi connectivity index (χ3v) is 4.38. The number of alkyl halides is 3. The molecule has 5 nitrogen and oxygen atoms in total. The minimum absolute atomic E-state index is 0.0251. The number of hydrogen-bond acceptors (Lipinski definition) is 4. The topological polar surface area (TPSA) is 55.6 Å². The van der Waals surface area contributed by atoms with Crippen molar-refractivity contribution in [1.29, 1.82) is 0 Å². The van der Waals surface area contributed by atoms with Crippen LogP contribution in [0.4, 0.5) is 18.9 Å². The van der Waals surface area contributed by atoms with Crippen LogP contribution in [0.3, 0.4) is 0 Å². The highest BCUT2D eigenvalue weighted by Gasteiger charge is 2.31. The van der Waals surface area contributed by atoms with E-state index in [0.29, 0.717) is 10.9 Å². The molecule has 0 bridgehead atoms. The highest BCUT2D eigenvalue weighted by atomic mass is 19.4. The number of rotatable bonds is 2. The molecule has 0 radical (unpaired) electrons. The second-order valence-corrected chi connectivity index (χ2v) is 6.17. The van der Waals surface area contributed by atoms with Gasteiger partial charge < -0.3 is 5.32 Å². The molecule has 4 rings (SSSR count). The Morgan fingerprint density at radius 2 is 2.08 bits per heavy atom. The summed E-state index contributed by atoms with van der Waals surface area (Å²) < 4.78 is 40.6. The Kier molecular flexibility index (Phi) is 3.63. The van der Waals surface area contributed by atoms with E-state index in [-0.39, 0.29) is 6.04 Å². The Bertz CT molecular complexity index is 932. The van der Waals surface area contributed by atoms with Gasteiger partial charge in [0.25, 0.3) is 0 Å². The molecule has 1 atom stereocenters. The molecule has 0 aliphatic carbocycles. The maximum absolute atomic E-state index is 12.9. The van der Waals surface area contributed by atoms with Crippen LogP contribution < -0.4 is 5.32 Å². The lowest BCUT2D eigenvalue weighted by Crippen LogP contribution is -2.22. The number of aromatic nitrogens is 4. The Morgan fingerprint density at radius 3 is 2.88 bits per heavy atom. The number of pyridine rings is 1. The Morgan fingerprint density at radius 1 is 1.24 bits per heavy atom. The van der Waals surface area contributed by atoms with Crippen molar-refractivity contribution in [2.24, 2.45) is 0 Å². The Balaban J connectivity index is 1.71. The lowest BCUT2D eigenvalue weighted by molar-refractivity contribution is -0.137. The van der Waals surface area contributed by atoms with Gasteiger partial charge in [-0.25, -0.2) is 9.67 Å². The minimum atomic E-state index is -4.38. The molecule has 1 aliphatic heterocycles. The second-order valence-electron chi connectivity index (χ2n) is 6.17. The van der Waals surface area contributed by atoms with E-state index in [1.807, 2.05) is 11.6 Å². The van der Waals surface area contributed by atoms with Crippen LogP contribution in [0.1, 0.15) is 36.1 Å². The molecule has 2 aromatic heterocycles. The molecule has 0 amide bonds. The van der Waals surface area contributed by atoms with Gasteiger partial charge >= 0.3 is 6.18 Å². The summed E-state index contributed by atoms with van der Waals surface area (Å²) in [6.07, 6.45) is -1.00. The van der Waals surface area contributed by atoms with Gasteiger partial charge in [0, 0.05) is 23.8 Å².